The van der Waals surface area contributed by atoms with Gasteiger partial charge in [-0.25, -0.2) is 4.98 Å². The van der Waals surface area contributed by atoms with Gasteiger partial charge in [-0.2, -0.15) is 0 Å². The number of carbonyl (C=O) groups is 17. The number of unbranched alkanes of at least 4 members (excludes halogenated alkanes) is 1. The third kappa shape index (κ3) is 45.0. The van der Waals surface area contributed by atoms with Gasteiger partial charge in [-0.05, 0) is 115 Å². The van der Waals surface area contributed by atoms with Crippen LogP contribution in [-0.2, 0) is 131 Å². The van der Waals surface area contributed by atoms with E-state index in [1.165, 1.54) is 42.3 Å². The Bertz CT molecular complexity index is 4290. The SMILES string of the molecule is CC[C@H](C)[C@H](NC(=O)C(C)(C)N(C)C)C(=O)N(C)[C@H](C[C@@H](OC(C)=O)c1nc(C(=O)N[C@@H](Cc2ccc3c(c2)NC(=O)CCCNC(=O)[C@H](CCCCNC(=O)CCOCCOCCOCCOCCOCCOCCOCCOCCOC)NC(=O)CCCNC[C@H](NC(=O)CCN2C(=O)C=CC2=O)[C@H](NC(=O)CCN2C(=O)C=CC2=O)C(=O)NCCCC(=O)O3)C[C@H](C)C(=O)O)cs1)C(C)C. The number of hydrogen-bond acceptors (Lipinski definition) is 32. The van der Waals surface area contributed by atoms with Crippen molar-refractivity contribution in [3.8, 4) is 5.75 Å². The van der Waals surface area contributed by atoms with Crippen molar-refractivity contribution in [2.45, 2.75) is 206 Å². The van der Waals surface area contributed by atoms with E-state index in [0.717, 1.165) is 45.4 Å². The average molecular weight is 1970 g/mol. The van der Waals surface area contributed by atoms with Crippen LogP contribution in [0.3, 0.4) is 0 Å². The molecule has 2 aromatic rings. The standard InChI is InChI=1S/C93H145N15O29S/c1-13-62(4)84(104-92(126)93(7,8)105(9)10)90(123)106(11)71(61(2)3)58-73(136-64(6)109)89-102-70(60-138-89)87(121)98-66(55-63(5)91(124)125)56-65-23-24-72-68(57-65)100-76(112)21-17-34-96-86(120)67(19-14-15-33-95-74(110)31-38-128-41-42-130-45-46-132-49-50-134-53-54-135-52-51-133-48-47-131-44-43-129-40-39-127-12)99-75(111)20-16-32-94-59-69(101-77(113)29-36-107-79(115)25-26-80(107)116)85(88(122)97-35-18-22-83(119)137-72)103-78(114)30-37-108-81(117)27-28-82(108)118/h23-28,57,60-63,66-67,69,71,73,84-85,94H,13-22,29-56,58-59H2,1-12H3,(H,95,110)(H,96,120)(H,97,122)(H,98,121)(H,99,111)(H,100,112)(H,101,113)(H,103,114)(H,104,126)(H,124,125)/t62-,63-,66+,67-,69-,71+,73+,84-,85-/m0/s1. The number of aromatic nitrogens is 1. The molecule has 14 amide bonds. The number of fused-ring (bicyclic) bond motifs is 1. The molecule has 0 unspecified atom stereocenters. The number of likely N-dealkylation sites (N-methyl/N-ethyl adjacent to an activating group) is 2. The Kier molecular flexibility index (Phi) is 55.7. The number of nitrogens with zero attached hydrogens (tertiary/aromatic N) is 5. The highest BCUT2D eigenvalue weighted by Gasteiger charge is 2.41. The summed E-state index contributed by atoms with van der Waals surface area (Å²) in [5.74, 6) is -13.3. The van der Waals surface area contributed by atoms with Crippen LogP contribution in [0.15, 0.2) is 47.9 Å². The number of rotatable bonds is 59. The van der Waals surface area contributed by atoms with Crippen molar-refractivity contribution in [2.75, 3.05) is 192 Å². The van der Waals surface area contributed by atoms with Crippen LogP contribution in [-0.4, -0.2) is 358 Å². The summed E-state index contributed by atoms with van der Waals surface area (Å²) in [5, 5.41) is 40.0. The molecule has 0 fully saturated rings. The van der Waals surface area contributed by atoms with Crippen LogP contribution in [0.25, 0.3) is 0 Å². The predicted molar refractivity (Wildman–Crippen MR) is 502 cm³/mol. The number of carboxylic acid groups (broad SMARTS) is 1. The summed E-state index contributed by atoms with van der Waals surface area (Å²) in [6.07, 6.45) is 2.43. The van der Waals surface area contributed by atoms with E-state index in [9.17, 15) is 86.6 Å². The van der Waals surface area contributed by atoms with Gasteiger partial charge >= 0.3 is 17.9 Å². The van der Waals surface area contributed by atoms with Gasteiger partial charge in [0.1, 0.15) is 28.8 Å². The normalized spacial score (nSPS) is 17.7. The van der Waals surface area contributed by atoms with Gasteiger partial charge in [-0.15, -0.1) is 11.3 Å². The van der Waals surface area contributed by atoms with E-state index in [4.69, 9.17) is 52.1 Å². The van der Waals surface area contributed by atoms with E-state index in [1.54, 1.807) is 47.0 Å². The lowest BCUT2D eigenvalue weighted by atomic mass is 9.92. The molecule has 45 heteroatoms. The van der Waals surface area contributed by atoms with Crippen LogP contribution in [0, 0.1) is 17.8 Å². The van der Waals surface area contributed by atoms with Crippen molar-refractivity contribution >= 4 is 118 Å². The number of thiazole rings is 1. The number of imide groups is 2. The van der Waals surface area contributed by atoms with E-state index in [1.807, 2.05) is 27.7 Å². The molecule has 1 aromatic heterocycles. The summed E-state index contributed by atoms with van der Waals surface area (Å²) in [4.78, 5) is 239. The van der Waals surface area contributed by atoms with E-state index in [0.29, 0.717) is 117 Å². The first-order valence-electron chi connectivity index (χ1n) is 47.1. The number of ether oxygens (including phenoxy) is 11. The van der Waals surface area contributed by atoms with Crippen LogP contribution in [0.1, 0.15) is 179 Å². The van der Waals surface area contributed by atoms with Crippen LogP contribution < -0.4 is 57.9 Å². The number of methoxy groups -OCH3 is 1. The van der Waals surface area contributed by atoms with Crippen LogP contribution >= 0.6 is 11.3 Å². The minimum Gasteiger partial charge on any atom is -0.481 e. The van der Waals surface area contributed by atoms with Crippen LogP contribution in [0.5, 0.6) is 5.75 Å². The molecule has 772 valence electrons. The number of benzene rings is 1. The third-order valence-corrected chi connectivity index (χ3v) is 23.7. The predicted octanol–water partition coefficient (Wildman–Crippen LogP) is 1.50. The lowest BCUT2D eigenvalue weighted by molar-refractivity contribution is -0.149. The Morgan fingerprint density at radius 3 is 1.68 bits per heavy atom. The summed E-state index contributed by atoms with van der Waals surface area (Å²) in [7, 11) is 6.75. The molecular formula is C93H145N15O29S. The number of carbonyl (C=O) groups excluding carboxylic acids is 16. The fourth-order valence-electron chi connectivity index (χ4n) is 14.1. The van der Waals surface area contributed by atoms with E-state index >= 15 is 0 Å². The maximum Gasteiger partial charge on any atom is 0.311 e. The smallest absolute Gasteiger partial charge is 0.311 e. The Labute approximate surface area is 810 Å². The minimum atomic E-state index is -1.66. The number of carboxylic acids is 1. The summed E-state index contributed by atoms with van der Waals surface area (Å²) >= 11 is 1.01. The van der Waals surface area contributed by atoms with Crippen LogP contribution in [0.4, 0.5) is 5.69 Å². The van der Waals surface area contributed by atoms with Gasteiger partial charge in [0.2, 0.25) is 53.2 Å². The van der Waals surface area contributed by atoms with Crippen molar-refractivity contribution in [1.29, 1.82) is 0 Å². The van der Waals surface area contributed by atoms with E-state index in [-0.39, 0.29) is 175 Å². The quantitative estimate of drug-likeness (QED) is 0.0193. The van der Waals surface area contributed by atoms with Gasteiger partial charge in [-0.1, -0.05) is 47.1 Å². The first kappa shape index (κ1) is 118. The van der Waals surface area contributed by atoms with Crippen molar-refractivity contribution in [3.63, 3.8) is 0 Å². The molecule has 3 aliphatic rings. The maximum absolute atomic E-state index is 14.6. The second-order valence-electron chi connectivity index (χ2n) is 34.4. The largest absolute Gasteiger partial charge is 0.481 e. The lowest BCUT2D eigenvalue weighted by Gasteiger charge is -2.38. The highest BCUT2D eigenvalue weighted by Crippen LogP contribution is 2.33. The van der Waals surface area contributed by atoms with Gasteiger partial charge in [0.15, 0.2) is 11.9 Å². The highest BCUT2D eigenvalue weighted by atomic mass is 32.1. The summed E-state index contributed by atoms with van der Waals surface area (Å²) < 4.78 is 60.7. The maximum atomic E-state index is 14.6. The van der Waals surface area contributed by atoms with Gasteiger partial charge < -0.3 is 115 Å². The van der Waals surface area contributed by atoms with Gasteiger partial charge in [0.25, 0.3) is 29.5 Å². The molecule has 11 N–H and O–H groups in total. The van der Waals surface area contributed by atoms with Crippen molar-refractivity contribution in [2.24, 2.45) is 17.8 Å². The molecule has 3 aliphatic heterocycles. The Morgan fingerprint density at radius 2 is 1.15 bits per heavy atom. The van der Waals surface area contributed by atoms with Gasteiger partial charge in [0.05, 0.1) is 136 Å². The minimum absolute atomic E-state index is 0.0312. The second kappa shape index (κ2) is 65.3. The van der Waals surface area contributed by atoms with Gasteiger partial charge in [0, 0.05) is 147 Å². The molecule has 0 aliphatic carbocycles. The van der Waals surface area contributed by atoms with E-state index in [2.05, 4.69) is 58.2 Å². The molecule has 9 atom stereocenters. The number of nitrogens with one attached hydrogen (secondary N) is 10. The van der Waals surface area contributed by atoms with Crippen molar-refractivity contribution in [1.82, 2.24) is 72.4 Å². The summed E-state index contributed by atoms with van der Waals surface area (Å²) in [6, 6.07) is -2.31. The zero-order chi connectivity index (χ0) is 101. The first-order valence-corrected chi connectivity index (χ1v) is 48.0. The van der Waals surface area contributed by atoms with Crippen molar-refractivity contribution in [3.05, 3.63) is 64.1 Å². The number of anilines is 1. The fourth-order valence-corrected chi connectivity index (χ4v) is 14.9. The molecule has 0 bridgehead atoms. The topological polar surface area (TPSA) is 558 Å². The molecule has 0 spiro atoms. The zero-order valence-electron chi connectivity index (χ0n) is 81.7. The molecule has 44 nitrogen and oxygen atoms in total. The number of esters is 2. The molecule has 5 rings (SSSR count). The molecular weight excluding hydrogens is 1820 g/mol. The average Bonchev–Trinajstić information content (AvgIpc) is 1.42. The van der Waals surface area contributed by atoms with Gasteiger partial charge in [-0.3, -0.25) is 96.2 Å². The van der Waals surface area contributed by atoms with Crippen molar-refractivity contribution < 1.29 is 139 Å². The Balaban J connectivity index is 1.31. The lowest BCUT2D eigenvalue weighted by Crippen LogP contribution is -2.62. The fraction of sp³-hybridized carbons (Fsp3) is 0.677. The molecule has 0 saturated heterocycles. The number of amides is 14. The number of aliphatic carboxylic acids is 1. The molecule has 1 aromatic carbocycles. The van der Waals surface area contributed by atoms with Crippen LogP contribution in [0.2, 0.25) is 0 Å². The first-order chi connectivity index (χ1) is 65.9. The molecule has 0 radical (unpaired) electrons. The molecule has 138 heavy (non-hydrogen) atoms. The zero-order valence-corrected chi connectivity index (χ0v) is 82.5. The Morgan fingerprint density at radius 1 is 0.630 bits per heavy atom. The summed E-state index contributed by atoms with van der Waals surface area (Å²) in [5.41, 5.74) is -0.770. The third-order valence-electron chi connectivity index (χ3n) is 22.8. The highest BCUT2D eigenvalue weighted by molar-refractivity contribution is 7.09. The Hall–Kier alpha value is -10.7. The summed E-state index contributed by atoms with van der Waals surface area (Å²) in [6.45, 7) is 19.1. The monoisotopic (exact) mass is 1970 g/mol. The second-order valence-corrected chi connectivity index (χ2v) is 35.3. The number of hydrogen-bond donors (Lipinski definition) is 11. The van der Waals surface area contributed by atoms with E-state index < -0.39 is 163 Å². The molecule has 0 saturated carbocycles. The molecule has 4 heterocycles.